The first kappa shape index (κ1) is 22.0. The van der Waals surface area contributed by atoms with Gasteiger partial charge in [0.1, 0.15) is 11.5 Å². The van der Waals surface area contributed by atoms with E-state index in [2.05, 4.69) is 9.88 Å². The Morgan fingerprint density at radius 1 is 1.22 bits per heavy atom. The zero-order valence-corrected chi connectivity index (χ0v) is 18.3. The molecule has 1 aromatic carbocycles. The number of likely N-dealkylation sites (tertiary alicyclic amines) is 1. The Hall–Kier alpha value is -3.23. The van der Waals surface area contributed by atoms with Crippen LogP contribution in [0.25, 0.3) is 5.76 Å². The Kier molecular flexibility index (Phi) is 6.53. The number of aliphatic hydroxyl groups is 1. The molecule has 2 aliphatic heterocycles. The van der Waals surface area contributed by atoms with Crippen molar-refractivity contribution in [2.24, 2.45) is 0 Å². The smallest absolute Gasteiger partial charge is 0.295 e. The number of pyridine rings is 1. The van der Waals surface area contributed by atoms with Gasteiger partial charge in [-0.2, -0.15) is 0 Å². The summed E-state index contributed by atoms with van der Waals surface area (Å²) in [5.74, 6) is -0.839. The van der Waals surface area contributed by atoms with Crippen molar-refractivity contribution in [2.75, 3.05) is 46.5 Å². The van der Waals surface area contributed by atoms with Crippen molar-refractivity contribution >= 4 is 17.4 Å². The summed E-state index contributed by atoms with van der Waals surface area (Å²) < 4.78 is 10.6. The maximum Gasteiger partial charge on any atom is 0.295 e. The Bertz CT molecular complexity index is 1030. The zero-order valence-electron chi connectivity index (χ0n) is 18.3. The summed E-state index contributed by atoms with van der Waals surface area (Å²) in [5, 5.41) is 11.2. The van der Waals surface area contributed by atoms with Gasteiger partial charge in [0, 0.05) is 44.1 Å². The molecule has 2 fully saturated rings. The number of aromatic nitrogens is 1. The van der Waals surface area contributed by atoms with E-state index in [-0.39, 0.29) is 11.3 Å². The Balaban J connectivity index is 1.73. The van der Waals surface area contributed by atoms with Crippen molar-refractivity contribution in [3.05, 3.63) is 65.0 Å². The topological polar surface area (TPSA) is 92.2 Å². The highest BCUT2D eigenvalue weighted by Crippen LogP contribution is 2.39. The minimum absolute atomic E-state index is 0.0817. The number of nitrogens with zero attached hydrogens (tertiary/aromatic N) is 3. The van der Waals surface area contributed by atoms with Crippen LogP contribution in [0, 0.1) is 6.92 Å². The number of ether oxygens (including phenoxy) is 2. The Morgan fingerprint density at radius 2 is 2.00 bits per heavy atom. The van der Waals surface area contributed by atoms with Gasteiger partial charge in [-0.1, -0.05) is 6.07 Å². The average Bonchev–Trinajstić information content (AvgIpc) is 3.08. The number of hydrogen-bond donors (Lipinski definition) is 1. The third-order valence-corrected chi connectivity index (χ3v) is 5.99. The fourth-order valence-corrected chi connectivity index (χ4v) is 4.24. The van der Waals surface area contributed by atoms with Gasteiger partial charge >= 0.3 is 0 Å². The molecule has 2 saturated heterocycles. The van der Waals surface area contributed by atoms with Gasteiger partial charge < -0.3 is 19.5 Å². The van der Waals surface area contributed by atoms with Crippen LogP contribution >= 0.6 is 0 Å². The highest BCUT2D eigenvalue weighted by molar-refractivity contribution is 6.46. The van der Waals surface area contributed by atoms with Crippen LogP contribution in [0.2, 0.25) is 0 Å². The molecule has 1 amide bonds. The van der Waals surface area contributed by atoms with Crippen molar-refractivity contribution in [1.82, 2.24) is 14.8 Å². The third kappa shape index (κ3) is 4.24. The fourth-order valence-electron chi connectivity index (χ4n) is 4.24. The van der Waals surface area contributed by atoms with Gasteiger partial charge in [-0.3, -0.25) is 19.5 Å². The average molecular weight is 437 g/mol. The summed E-state index contributed by atoms with van der Waals surface area (Å²) in [6, 6.07) is 8.07. The number of carbonyl (C=O) groups excluding carboxylic acids is 2. The number of aryl methyl sites for hydroxylation is 1. The molecule has 1 N–H and O–H groups in total. The quantitative estimate of drug-likeness (QED) is 0.421. The normalized spacial score (nSPS) is 21.2. The number of methoxy groups -OCH3 is 1. The molecule has 0 radical (unpaired) electrons. The number of amides is 1. The Labute approximate surface area is 187 Å². The summed E-state index contributed by atoms with van der Waals surface area (Å²) in [6.45, 7) is 5.69. The molecule has 1 unspecified atom stereocenters. The second kappa shape index (κ2) is 9.50. The zero-order chi connectivity index (χ0) is 22.7. The summed E-state index contributed by atoms with van der Waals surface area (Å²) in [6.07, 6.45) is 3.27. The van der Waals surface area contributed by atoms with E-state index in [1.54, 1.807) is 48.7 Å². The molecule has 2 aliphatic rings. The van der Waals surface area contributed by atoms with Gasteiger partial charge in [-0.05, 0) is 42.3 Å². The van der Waals surface area contributed by atoms with Gasteiger partial charge in [0.15, 0.2) is 0 Å². The lowest BCUT2D eigenvalue weighted by Crippen LogP contribution is -2.42. The number of benzene rings is 1. The van der Waals surface area contributed by atoms with E-state index in [0.29, 0.717) is 43.2 Å². The van der Waals surface area contributed by atoms with Crippen molar-refractivity contribution < 1.29 is 24.2 Å². The lowest BCUT2D eigenvalue weighted by atomic mass is 9.94. The van der Waals surface area contributed by atoms with E-state index in [1.807, 2.05) is 13.0 Å². The predicted octanol–water partition coefficient (Wildman–Crippen LogP) is 2.15. The van der Waals surface area contributed by atoms with Gasteiger partial charge in [-0.25, -0.2) is 0 Å². The van der Waals surface area contributed by atoms with Crippen LogP contribution in [0.1, 0.15) is 22.7 Å². The van der Waals surface area contributed by atoms with Crippen molar-refractivity contribution in [3.8, 4) is 5.75 Å². The number of rotatable bonds is 6. The van der Waals surface area contributed by atoms with Gasteiger partial charge in [0.2, 0.25) is 0 Å². The first-order valence-corrected chi connectivity index (χ1v) is 10.6. The number of Topliss-reactive ketones (excluding diaryl/α,β-unsaturated/α-hetero) is 1. The molecule has 2 aromatic rings. The second-order valence-electron chi connectivity index (χ2n) is 7.91. The van der Waals surface area contributed by atoms with Gasteiger partial charge in [0.25, 0.3) is 11.7 Å². The minimum atomic E-state index is -0.703. The van der Waals surface area contributed by atoms with Crippen molar-refractivity contribution in [2.45, 2.75) is 13.0 Å². The molecular weight excluding hydrogens is 410 g/mol. The number of ketones is 1. The van der Waals surface area contributed by atoms with E-state index < -0.39 is 17.7 Å². The molecule has 168 valence electrons. The molecule has 1 atom stereocenters. The lowest BCUT2D eigenvalue weighted by molar-refractivity contribution is -0.140. The molecule has 8 nitrogen and oxygen atoms in total. The molecule has 0 saturated carbocycles. The van der Waals surface area contributed by atoms with E-state index in [4.69, 9.17) is 9.47 Å². The van der Waals surface area contributed by atoms with Crippen molar-refractivity contribution in [1.29, 1.82) is 0 Å². The van der Waals surface area contributed by atoms with E-state index in [9.17, 15) is 14.7 Å². The fraction of sp³-hybridized carbons (Fsp3) is 0.375. The van der Waals surface area contributed by atoms with Gasteiger partial charge in [-0.15, -0.1) is 0 Å². The van der Waals surface area contributed by atoms with Crippen LogP contribution in [0.3, 0.4) is 0 Å². The molecular formula is C24H27N3O5. The molecule has 8 heteroatoms. The van der Waals surface area contributed by atoms with Gasteiger partial charge in [0.05, 0.1) is 31.9 Å². The monoisotopic (exact) mass is 437 g/mol. The molecule has 1 aromatic heterocycles. The maximum absolute atomic E-state index is 13.1. The second-order valence-corrected chi connectivity index (χ2v) is 7.91. The van der Waals surface area contributed by atoms with E-state index in [1.165, 1.54) is 0 Å². The minimum Gasteiger partial charge on any atom is -0.507 e. The molecule has 3 heterocycles. The van der Waals surface area contributed by atoms with Crippen LogP contribution in [0.4, 0.5) is 0 Å². The van der Waals surface area contributed by atoms with E-state index >= 15 is 0 Å². The number of morpholine rings is 1. The predicted molar refractivity (Wildman–Crippen MR) is 118 cm³/mol. The summed E-state index contributed by atoms with van der Waals surface area (Å²) >= 11 is 0. The highest BCUT2D eigenvalue weighted by Gasteiger charge is 2.46. The molecule has 0 spiro atoms. The molecule has 0 aliphatic carbocycles. The summed E-state index contributed by atoms with van der Waals surface area (Å²) in [4.78, 5) is 34.1. The first-order valence-electron chi connectivity index (χ1n) is 10.6. The first-order chi connectivity index (χ1) is 15.5. The number of aliphatic hydroxyl groups excluding tert-OH is 1. The summed E-state index contributed by atoms with van der Waals surface area (Å²) in [7, 11) is 1.57. The van der Waals surface area contributed by atoms with Crippen LogP contribution in [0.5, 0.6) is 5.75 Å². The molecule has 4 rings (SSSR count). The van der Waals surface area contributed by atoms with Crippen LogP contribution in [-0.2, 0) is 14.3 Å². The number of carbonyl (C=O) groups is 2. The number of hydrogen-bond acceptors (Lipinski definition) is 7. The largest absolute Gasteiger partial charge is 0.507 e. The SMILES string of the molecule is COc1ccc(C(O)=C2C(=O)C(=O)N(CCN3CCOCC3)C2c2cccnc2)c(C)c1. The maximum atomic E-state index is 13.1. The Morgan fingerprint density at radius 3 is 2.66 bits per heavy atom. The third-order valence-electron chi connectivity index (χ3n) is 5.99. The molecule has 32 heavy (non-hydrogen) atoms. The highest BCUT2D eigenvalue weighted by atomic mass is 16.5. The van der Waals surface area contributed by atoms with Crippen LogP contribution in [0.15, 0.2) is 48.3 Å². The lowest BCUT2D eigenvalue weighted by Gasteiger charge is -2.30. The summed E-state index contributed by atoms with van der Waals surface area (Å²) in [5.41, 5.74) is 2.00. The standard InChI is InChI=1S/C24H27N3O5/c1-16-14-18(31-2)5-6-19(16)22(28)20-21(17-4-3-7-25-15-17)27(24(30)23(20)29)9-8-26-10-12-32-13-11-26/h3-7,14-15,21,28H,8-13H2,1-2H3. The van der Waals surface area contributed by atoms with E-state index in [0.717, 1.165) is 18.7 Å². The van der Waals surface area contributed by atoms with Crippen molar-refractivity contribution in [3.63, 3.8) is 0 Å². The molecule has 0 bridgehead atoms. The van der Waals surface area contributed by atoms with Crippen LogP contribution in [-0.4, -0.2) is 78.1 Å². The van der Waals surface area contributed by atoms with Crippen LogP contribution < -0.4 is 4.74 Å².